The number of ether oxygens (including phenoxy) is 1. The van der Waals surface area contributed by atoms with Crippen LogP contribution in [0.4, 0.5) is 0 Å². The molecule has 0 radical (unpaired) electrons. The van der Waals surface area contributed by atoms with Crippen molar-refractivity contribution in [2.75, 3.05) is 7.11 Å². The van der Waals surface area contributed by atoms with Gasteiger partial charge in [-0.05, 0) is 31.9 Å². The highest BCUT2D eigenvalue weighted by molar-refractivity contribution is 5.98. The van der Waals surface area contributed by atoms with E-state index >= 15 is 0 Å². The summed E-state index contributed by atoms with van der Waals surface area (Å²) in [6, 6.07) is 4.88. The molecule has 1 aromatic carbocycles. The van der Waals surface area contributed by atoms with Crippen molar-refractivity contribution >= 4 is 5.91 Å². The maximum Gasteiger partial charge on any atom is 0.255 e. The molecule has 0 heterocycles. The minimum Gasteiger partial charge on any atom is -0.504 e. The fraction of sp³-hybridized carbons (Fsp3) is 0.417. The number of hydrogen-bond acceptors (Lipinski definition) is 3. The summed E-state index contributed by atoms with van der Waals surface area (Å²) in [5, 5.41) is 12.7. The minimum absolute atomic E-state index is 0.0907. The van der Waals surface area contributed by atoms with Crippen LogP contribution in [0, 0.1) is 0 Å². The topological polar surface area (TPSA) is 58.6 Å². The van der Waals surface area contributed by atoms with Gasteiger partial charge in [0.05, 0.1) is 12.7 Å². The zero-order valence-electron chi connectivity index (χ0n) is 9.41. The number of rotatable bonds is 3. The van der Waals surface area contributed by atoms with Gasteiger partial charge in [-0.1, -0.05) is 6.07 Å². The normalized spacial score (nSPS) is 16.6. The van der Waals surface area contributed by atoms with Crippen LogP contribution in [0.25, 0.3) is 0 Å². The van der Waals surface area contributed by atoms with E-state index in [1.165, 1.54) is 7.11 Å². The first-order valence-corrected chi connectivity index (χ1v) is 5.24. The lowest BCUT2D eigenvalue weighted by atomic mass is 10.1. The number of carbonyl (C=O) groups excluding carboxylic acids is 1. The molecule has 0 bridgehead atoms. The van der Waals surface area contributed by atoms with Gasteiger partial charge in [0, 0.05) is 5.54 Å². The van der Waals surface area contributed by atoms with Gasteiger partial charge in [-0.2, -0.15) is 0 Å². The highest BCUT2D eigenvalue weighted by Crippen LogP contribution is 2.36. The highest BCUT2D eigenvalue weighted by Gasteiger charge is 2.39. The first-order chi connectivity index (χ1) is 7.56. The van der Waals surface area contributed by atoms with E-state index in [0.717, 1.165) is 12.8 Å². The molecule has 0 aliphatic heterocycles. The smallest absolute Gasteiger partial charge is 0.255 e. The molecule has 86 valence electrons. The second-order valence-electron chi connectivity index (χ2n) is 4.37. The van der Waals surface area contributed by atoms with Crippen molar-refractivity contribution in [2.45, 2.75) is 25.3 Å². The lowest BCUT2D eigenvalue weighted by Gasteiger charge is -2.13. The predicted octanol–water partition coefficient (Wildman–Crippen LogP) is 1.68. The predicted molar refractivity (Wildman–Crippen MR) is 59.8 cm³/mol. The number of para-hydroxylation sites is 1. The molecule has 0 atom stereocenters. The molecule has 2 N–H and O–H groups in total. The Balaban J connectivity index is 2.22. The fourth-order valence-electron chi connectivity index (χ4n) is 1.52. The van der Waals surface area contributed by atoms with E-state index < -0.39 is 0 Å². The van der Waals surface area contributed by atoms with Crippen LogP contribution in [0.15, 0.2) is 18.2 Å². The van der Waals surface area contributed by atoms with Gasteiger partial charge >= 0.3 is 0 Å². The third kappa shape index (κ3) is 1.96. The second kappa shape index (κ2) is 3.70. The van der Waals surface area contributed by atoms with Crippen LogP contribution in [0.2, 0.25) is 0 Å². The molecule has 1 amide bonds. The van der Waals surface area contributed by atoms with Gasteiger partial charge in [0.15, 0.2) is 11.5 Å². The number of phenolic OH excluding ortho intramolecular Hbond substituents is 1. The van der Waals surface area contributed by atoms with Gasteiger partial charge in [-0.15, -0.1) is 0 Å². The van der Waals surface area contributed by atoms with E-state index in [0.29, 0.717) is 5.75 Å². The largest absolute Gasteiger partial charge is 0.504 e. The number of aromatic hydroxyl groups is 1. The summed E-state index contributed by atoms with van der Waals surface area (Å²) >= 11 is 0. The number of hydrogen-bond donors (Lipinski definition) is 2. The summed E-state index contributed by atoms with van der Waals surface area (Å²) in [5.74, 6) is -0.0447. The third-order valence-corrected chi connectivity index (χ3v) is 2.88. The molecule has 0 unspecified atom stereocenters. The molecule has 1 fully saturated rings. The molecule has 16 heavy (non-hydrogen) atoms. The van der Waals surface area contributed by atoms with Crippen molar-refractivity contribution in [2.24, 2.45) is 0 Å². The Morgan fingerprint density at radius 1 is 1.50 bits per heavy atom. The quantitative estimate of drug-likeness (QED) is 0.816. The van der Waals surface area contributed by atoms with Crippen LogP contribution >= 0.6 is 0 Å². The molecule has 2 rings (SSSR count). The van der Waals surface area contributed by atoms with Crippen molar-refractivity contribution in [3.05, 3.63) is 23.8 Å². The monoisotopic (exact) mass is 221 g/mol. The Morgan fingerprint density at radius 2 is 2.19 bits per heavy atom. The Morgan fingerprint density at radius 3 is 2.75 bits per heavy atom. The lowest BCUT2D eigenvalue weighted by Crippen LogP contribution is -2.34. The molecule has 4 heteroatoms. The molecular weight excluding hydrogens is 206 g/mol. The third-order valence-electron chi connectivity index (χ3n) is 2.88. The number of benzene rings is 1. The summed E-state index contributed by atoms with van der Waals surface area (Å²) in [4.78, 5) is 11.9. The van der Waals surface area contributed by atoms with Crippen molar-refractivity contribution in [3.63, 3.8) is 0 Å². The second-order valence-corrected chi connectivity index (χ2v) is 4.37. The van der Waals surface area contributed by atoms with E-state index in [9.17, 15) is 9.90 Å². The van der Waals surface area contributed by atoms with Gasteiger partial charge in [0.2, 0.25) is 0 Å². The van der Waals surface area contributed by atoms with E-state index in [1.807, 2.05) is 6.92 Å². The fourth-order valence-corrected chi connectivity index (χ4v) is 1.52. The lowest BCUT2D eigenvalue weighted by molar-refractivity contribution is 0.0932. The molecule has 0 spiro atoms. The highest BCUT2D eigenvalue weighted by atomic mass is 16.5. The van der Waals surface area contributed by atoms with Gasteiger partial charge in [0.1, 0.15) is 0 Å². The summed E-state index contributed by atoms with van der Waals surface area (Å²) in [6.07, 6.45) is 1.98. The number of nitrogens with one attached hydrogen (secondary N) is 1. The summed E-state index contributed by atoms with van der Waals surface area (Å²) in [7, 11) is 1.46. The van der Waals surface area contributed by atoms with Crippen LogP contribution in [0.5, 0.6) is 11.5 Å². The van der Waals surface area contributed by atoms with Crippen molar-refractivity contribution in [1.29, 1.82) is 0 Å². The van der Waals surface area contributed by atoms with E-state index in [2.05, 4.69) is 5.32 Å². The molecule has 1 saturated carbocycles. The van der Waals surface area contributed by atoms with Crippen LogP contribution in [-0.4, -0.2) is 23.7 Å². The Bertz CT molecular complexity index is 424. The van der Waals surface area contributed by atoms with E-state index in [4.69, 9.17) is 4.74 Å². The Kier molecular flexibility index (Phi) is 2.50. The maximum atomic E-state index is 11.9. The summed E-state index contributed by atoms with van der Waals surface area (Å²) < 4.78 is 4.95. The Labute approximate surface area is 94.2 Å². The van der Waals surface area contributed by atoms with Gasteiger partial charge in [-0.25, -0.2) is 0 Å². The SMILES string of the molecule is COc1cccc(C(=O)NC2(C)CC2)c1O. The molecule has 1 aromatic rings. The number of amides is 1. The van der Waals surface area contributed by atoms with Crippen LogP contribution in [0.3, 0.4) is 0 Å². The molecule has 4 nitrogen and oxygen atoms in total. The van der Waals surface area contributed by atoms with Crippen molar-refractivity contribution in [3.8, 4) is 11.5 Å². The van der Waals surface area contributed by atoms with Gasteiger partial charge in [0.25, 0.3) is 5.91 Å². The number of methoxy groups -OCH3 is 1. The first-order valence-electron chi connectivity index (χ1n) is 5.24. The van der Waals surface area contributed by atoms with Crippen molar-refractivity contribution < 1.29 is 14.6 Å². The Hall–Kier alpha value is -1.71. The molecular formula is C12H15NO3. The first kappa shape index (κ1) is 10.8. The average molecular weight is 221 g/mol. The average Bonchev–Trinajstić information content (AvgIpc) is 2.96. The zero-order valence-corrected chi connectivity index (χ0v) is 9.41. The van der Waals surface area contributed by atoms with Crippen molar-refractivity contribution in [1.82, 2.24) is 5.32 Å². The zero-order chi connectivity index (χ0) is 11.8. The van der Waals surface area contributed by atoms with E-state index in [-0.39, 0.29) is 22.8 Å². The summed E-state index contributed by atoms with van der Waals surface area (Å²) in [5.41, 5.74) is 0.166. The van der Waals surface area contributed by atoms with E-state index in [1.54, 1.807) is 18.2 Å². The number of phenols is 1. The van der Waals surface area contributed by atoms with Gasteiger partial charge in [-0.3, -0.25) is 4.79 Å². The molecule has 0 saturated heterocycles. The molecule has 1 aliphatic rings. The molecule has 1 aliphatic carbocycles. The van der Waals surface area contributed by atoms with Crippen LogP contribution in [0.1, 0.15) is 30.1 Å². The summed E-state index contributed by atoms with van der Waals surface area (Å²) in [6.45, 7) is 1.99. The minimum atomic E-state index is -0.253. The number of carbonyl (C=O) groups is 1. The standard InChI is InChI=1S/C12H15NO3/c1-12(6-7-12)13-11(15)8-4-3-5-9(16-2)10(8)14/h3-5,14H,6-7H2,1-2H3,(H,13,15). The molecule has 0 aromatic heterocycles. The maximum absolute atomic E-state index is 11.9. The van der Waals surface area contributed by atoms with Crippen LogP contribution < -0.4 is 10.1 Å². The van der Waals surface area contributed by atoms with Crippen LogP contribution in [-0.2, 0) is 0 Å². The van der Waals surface area contributed by atoms with Gasteiger partial charge < -0.3 is 15.2 Å².